The maximum atomic E-state index is 12.5. The van der Waals surface area contributed by atoms with Gasteiger partial charge in [-0.3, -0.25) is 0 Å². The van der Waals surface area contributed by atoms with Gasteiger partial charge in [-0.2, -0.15) is 0 Å². The normalized spacial score (nSPS) is 12.5. The lowest BCUT2D eigenvalue weighted by Gasteiger charge is -2.22. The number of esters is 1. The Morgan fingerprint density at radius 2 is 1.63 bits per heavy atom. The summed E-state index contributed by atoms with van der Waals surface area (Å²) in [5, 5.41) is 4.94. The molecule has 0 aromatic heterocycles. The second-order valence-electron chi connectivity index (χ2n) is 9.12. The standard InChI is InChI=1S/C21H34N2O6Si/c1-21(2,3)29-19(25)22-14-17(18(24)27-12-13-30(4,5)6)23-20(26)28-15-16-10-8-7-9-11-16/h7-11,17H,12-15H2,1-6H3,(H,22,25)(H,23,26)/t17-/m0/s1. The molecule has 0 unspecified atom stereocenters. The molecule has 168 valence electrons. The lowest BCUT2D eigenvalue weighted by molar-refractivity contribution is -0.145. The van der Waals surface area contributed by atoms with Gasteiger partial charge in [0.2, 0.25) is 0 Å². The fraction of sp³-hybridized carbons (Fsp3) is 0.571. The smallest absolute Gasteiger partial charge is 0.408 e. The molecule has 30 heavy (non-hydrogen) atoms. The Hall–Kier alpha value is -2.55. The van der Waals surface area contributed by atoms with Crippen LogP contribution in [0.4, 0.5) is 9.59 Å². The topological polar surface area (TPSA) is 103 Å². The maximum Gasteiger partial charge on any atom is 0.408 e. The molecule has 0 radical (unpaired) electrons. The summed E-state index contributed by atoms with van der Waals surface area (Å²) in [4.78, 5) is 36.5. The number of alkyl carbamates (subject to hydrolysis) is 2. The average Bonchev–Trinajstić information content (AvgIpc) is 2.61. The van der Waals surface area contributed by atoms with E-state index in [2.05, 4.69) is 30.3 Å². The van der Waals surface area contributed by atoms with Gasteiger partial charge in [0.1, 0.15) is 18.2 Å². The Labute approximate surface area is 179 Å². The predicted molar refractivity (Wildman–Crippen MR) is 117 cm³/mol. The van der Waals surface area contributed by atoms with Gasteiger partial charge >= 0.3 is 18.2 Å². The first-order valence-electron chi connectivity index (χ1n) is 9.96. The van der Waals surface area contributed by atoms with Crippen LogP contribution in [0.2, 0.25) is 25.7 Å². The zero-order valence-electron chi connectivity index (χ0n) is 18.7. The largest absolute Gasteiger partial charge is 0.464 e. The molecule has 8 nitrogen and oxygen atoms in total. The molecule has 1 rings (SSSR count). The Bertz CT molecular complexity index is 698. The number of carbonyl (C=O) groups is 3. The molecule has 0 aliphatic rings. The van der Waals surface area contributed by atoms with Crippen molar-refractivity contribution in [2.75, 3.05) is 13.2 Å². The van der Waals surface area contributed by atoms with Crippen LogP contribution in [0.15, 0.2) is 30.3 Å². The fourth-order valence-electron chi connectivity index (χ4n) is 2.16. The van der Waals surface area contributed by atoms with Crippen LogP contribution in [-0.4, -0.2) is 51.0 Å². The fourth-order valence-corrected chi connectivity index (χ4v) is 2.87. The number of nitrogens with one attached hydrogen (secondary N) is 2. The molecule has 1 atom stereocenters. The summed E-state index contributed by atoms with van der Waals surface area (Å²) >= 11 is 0. The highest BCUT2D eigenvalue weighted by Crippen LogP contribution is 2.09. The molecule has 2 amide bonds. The maximum absolute atomic E-state index is 12.5. The van der Waals surface area contributed by atoms with Crippen LogP contribution < -0.4 is 10.6 Å². The molecule has 0 fully saturated rings. The minimum absolute atomic E-state index is 0.0591. The predicted octanol–water partition coefficient (Wildman–Crippen LogP) is 3.69. The summed E-state index contributed by atoms with van der Waals surface area (Å²) < 4.78 is 15.6. The van der Waals surface area contributed by atoms with Crippen LogP contribution in [-0.2, 0) is 25.6 Å². The van der Waals surface area contributed by atoms with E-state index in [1.807, 2.05) is 30.3 Å². The minimum atomic E-state index is -1.38. The first kappa shape index (κ1) is 25.5. The molecule has 9 heteroatoms. The number of amides is 2. The molecular formula is C21H34N2O6Si. The number of hydrogen-bond acceptors (Lipinski definition) is 6. The summed E-state index contributed by atoms with van der Waals surface area (Å²) in [6.45, 7) is 11.8. The summed E-state index contributed by atoms with van der Waals surface area (Å²) in [5.41, 5.74) is 0.133. The van der Waals surface area contributed by atoms with Gasteiger partial charge in [0.15, 0.2) is 0 Å². The molecule has 1 aromatic carbocycles. The van der Waals surface area contributed by atoms with Gasteiger partial charge in [-0.15, -0.1) is 0 Å². The van der Waals surface area contributed by atoms with Crippen LogP contribution in [0.5, 0.6) is 0 Å². The van der Waals surface area contributed by atoms with Gasteiger partial charge < -0.3 is 24.8 Å². The second-order valence-corrected chi connectivity index (χ2v) is 14.7. The van der Waals surface area contributed by atoms with Crippen LogP contribution in [0.25, 0.3) is 0 Å². The third kappa shape index (κ3) is 12.1. The van der Waals surface area contributed by atoms with E-state index in [1.165, 1.54) is 0 Å². The minimum Gasteiger partial charge on any atom is -0.464 e. The van der Waals surface area contributed by atoms with Crippen LogP contribution in [0, 0.1) is 0 Å². The molecule has 0 aliphatic carbocycles. The molecule has 0 spiro atoms. The average molecular weight is 439 g/mol. The highest BCUT2D eigenvalue weighted by Gasteiger charge is 2.26. The van der Waals surface area contributed by atoms with E-state index in [0.29, 0.717) is 0 Å². The SMILES string of the molecule is CC(C)(C)OC(=O)NC[C@H](NC(=O)OCc1ccccc1)C(=O)OCC[Si](C)(C)C. The van der Waals surface area contributed by atoms with Crippen LogP contribution >= 0.6 is 0 Å². The van der Waals surface area contributed by atoms with Crippen molar-refractivity contribution in [3.63, 3.8) is 0 Å². The molecule has 0 aliphatic heterocycles. The lowest BCUT2D eigenvalue weighted by atomic mass is 10.2. The molecular weight excluding hydrogens is 404 g/mol. The second kappa shape index (κ2) is 11.6. The van der Waals surface area contributed by atoms with Crippen molar-refractivity contribution >= 4 is 26.2 Å². The Kier molecular flexibility index (Phi) is 9.84. The van der Waals surface area contributed by atoms with Crippen molar-refractivity contribution in [2.45, 2.75) is 64.7 Å². The van der Waals surface area contributed by atoms with Gasteiger partial charge in [0, 0.05) is 8.07 Å². The first-order valence-corrected chi connectivity index (χ1v) is 13.7. The van der Waals surface area contributed by atoms with Crippen molar-refractivity contribution in [3.05, 3.63) is 35.9 Å². The molecule has 2 N–H and O–H groups in total. The van der Waals surface area contributed by atoms with E-state index in [-0.39, 0.29) is 19.8 Å². The third-order valence-corrected chi connectivity index (χ3v) is 5.44. The molecule has 0 saturated heterocycles. The highest BCUT2D eigenvalue weighted by molar-refractivity contribution is 6.76. The summed E-state index contributed by atoms with van der Waals surface area (Å²) in [7, 11) is -1.38. The van der Waals surface area contributed by atoms with Crippen LogP contribution in [0.1, 0.15) is 26.3 Å². The number of rotatable bonds is 9. The number of hydrogen-bond donors (Lipinski definition) is 2. The summed E-state index contributed by atoms with van der Waals surface area (Å²) in [5.74, 6) is -0.638. The van der Waals surface area contributed by atoms with E-state index in [9.17, 15) is 14.4 Å². The molecule has 1 aromatic rings. The van der Waals surface area contributed by atoms with Gasteiger partial charge in [0.25, 0.3) is 0 Å². The van der Waals surface area contributed by atoms with Gasteiger partial charge in [0.05, 0.1) is 13.2 Å². The molecule has 0 bridgehead atoms. The van der Waals surface area contributed by atoms with E-state index < -0.39 is 37.9 Å². The first-order chi connectivity index (χ1) is 13.9. The monoisotopic (exact) mass is 438 g/mol. The molecule has 0 saturated carbocycles. The van der Waals surface area contributed by atoms with Gasteiger partial charge in [-0.1, -0.05) is 50.0 Å². The number of carbonyl (C=O) groups excluding carboxylic acids is 3. The van der Waals surface area contributed by atoms with Crippen LogP contribution in [0.3, 0.4) is 0 Å². The zero-order valence-corrected chi connectivity index (χ0v) is 19.7. The van der Waals surface area contributed by atoms with Crippen molar-refractivity contribution in [3.8, 4) is 0 Å². The van der Waals surface area contributed by atoms with E-state index in [4.69, 9.17) is 14.2 Å². The van der Waals surface area contributed by atoms with Crippen molar-refractivity contribution in [1.29, 1.82) is 0 Å². The van der Waals surface area contributed by atoms with E-state index >= 15 is 0 Å². The molecule has 0 heterocycles. The van der Waals surface area contributed by atoms with Gasteiger partial charge in [-0.25, -0.2) is 14.4 Å². The van der Waals surface area contributed by atoms with E-state index in [1.54, 1.807) is 20.8 Å². The number of benzene rings is 1. The zero-order chi connectivity index (χ0) is 22.8. The summed E-state index contributed by atoms with van der Waals surface area (Å²) in [6, 6.07) is 8.86. The van der Waals surface area contributed by atoms with Gasteiger partial charge in [-0.05, 0) is 32.4 Å². The quantitative estimate of drug-likeness (QED) is 0.346. The van der Waals surface area contributed by atoms with E-state index in [0.717, 1.165) is 11.6 Å². The lowest BCUT2D eigenvalue weighted by Crippen LogP contribution is -2.50. The van der Waals surface area contributed by atoms with Crippen molar-refractivity contribution in [1.82, 2.24) is 10.6 Å². The number of ether oxygens (including phenoxy) is 3. The van der Waals surface area contributed by atoms with Crippen molar-refractivity contribution in [2.24, 2.45) is 0 Å². The highest BCUT2D eigenvalue weighted by atomic mass is 28.3. The third-order valence-electron chi connectivity index (χ3n) is 3.74. The van der Waals surface area contributed by atoms with Crippen molar-refractivity contribution < 1.29 is 28.6 Å². The Morgan fingerprint density at radius 1 is 1.00 bits per heavy atom. The Morgan fingerprint density at radius 3 is 2.20 bits per heavy atom. The summed E-state index contributed by atoms with van der Waals surface area (Å²) in [6.07, 6.45) is -1.47. The Balaban J connectivity index is 2.64.